The van der Waals surface area contributed by atoms with Gasteiger partial charge in [-0.25, -0.2) is 9.97 Å². The van der Waals surface area contributed by atoms with Gasteiger partial charge in [0, 0.05) is 29.3 Å². The summed E-state index contributed by atoms with van der Waals surface area (Å²) in [5, 5.41) is 6.17. The zero-order chi connectivity index (χ0) is 21.9. The van der Waals surface area contributed by atoms with Crippen molar-refractivity contribution in [3.63, 3.8) is 0 Å². The molecular weight excluding hydrogens is 418 g/mol. The highest BCUT2D eigenvalue weighted by molar-refractivity contribution is 6.36. The van der Waals surface area contributed by atoms with Gasteiger partial charge < -0.3 is 5.73 Å². The van der Waals surface area contributed by atoms with Crippen molar-refractivity contribution in [2.45, 2.75) is 50.5 Å². The molecule has 1 fully saturated rings. The first-order valence-corrected chi connectivity index (χ1v) is 11.8. The second-order valence-electron chi connectivity index (χ2n) is 9.34. The quantitative estimate of drug-likeness (QED) is 0.565. The predicted octanol–water partition coefficient (Wildman–Crippen LogP) is 5.68. The van der Waals surface area contributed by atoms with E-state index in [9.17, 15) is 0 Å². The molecule has 5 nitrogen and oxygen atoms in total. The number of fused-ring (bicyclic) bond motifs is 3. The van der Waals surface area contributed by atoms with Gasteiger partial charge in [0.15, 0.2) is 11.3 Å². The molecule has 0 bridgehead atoms. The standard InChI is InChI=1S/C26H26ClN5/c1-16-14-21-29-15-20-23(27)22(17-6-3-2-4-7-17)24(30-25(20)32(21)31-16)18-8-10-19(11-9-18)26(28)12-5-13-26/h2-4,6,8-10,14-15,17,19H,5,7,11-13,28H2,1H3. The number of nitrogens with two attached hydrogens (primary N) is 1. The maximum absolute atomic E-state index is 7.09. The third-order valence-electron chi connectivity index (χ3n) is 7.27. The van der Waals surface area contributed by atoms with E-state index in [0.717, 1.165) is 64.9 Å². The smallest absolute Gasteiger partial charge is 0.166 e. The average molecular weight is 444 g/mol. The normalized spacial score (nSPS) is 24.2. The summed E-state index contributed by atoms with van der Waals surface area (Å²) in [4.78, 5) is 9.74. The molecule has 6 heteroatoms. The molecule has 2 atom stereocenters. The van der Waals surface area contributed by atoms with Crippen LogP contribution in [0.25, 0.3) is 22.3 Å². The van der Waals surface area contributed by atoms with Gasteiger partial charge in [-0.1, -0.05) is 54.1 Å². The molecule has 0 aliphatic heterocycles. The monoisotopic (exact) mass is 443 g/mol. The van der Waals surface area contributed by atoms with Crippen LogP contribution in [-0.2, 0) is 0 Å². The lowest BCUT2D eigenvalue weighted by Gasteiger charge is -2.44. The Morgan fingerprint density at radius 3 is 2.75 bits per heavy atom. The molecule has 2 N–H and O–H groups in total. The summed E-state index contributed by atoms with van der Waals surface area (Å²) in [6.07, 6.45) is 22.5. The highest BCUT2D eigenvalue weighted by Crippen LogP contribution is 2.43. The van der Waals surface area contributed by atoms with Crippen molar-refractivity contribution in [3.05, 3.63) is 76.8 Å². The van der Waals surface area contributed by atoms with Gasteiger partial charge in [-0.15, -0.1) is 0 Å². The van der Waals surface area contributed by atoms with Crippen LogP contribution in [-0.4, -0.2) is 25.1 Å². The maximum atomic E-state index is 7.09. The van der Waals surface area contributed by atoms with E-state index in [-0.39, 0.29) is 11.5 Å². The summed E-state index contributed by atoms with van der Waals surface area (Å²) < 4.78 is 1.81. The van der Waals surface area contributed by atoms with Gasteiger partial charge in [0.05, 0.1) is 21.8 Å². The minimum absolute atomic E-state index is 0.0445. The van der Waals surface area contributed by atoms with E-state index in [0.29, 0.717) is 10.9 Å². The molecule has 32 heavy (non-hydrogen) atoms. The fourth-order valence-electron chi connectivity index (χ4n) is 5.24. The Bertz CT molecular complexity index is 1360. The molecule has 2 unspecified atom stereocenters. The molecule has 162 valence electrons. The van der Waals surface area contributed by atoms with Crippen molar-refractivity contribution in [2.75, 3.05) is 0 Å². The second-order valence-corrected chi connectivity index (χ2v) is 9.72. The van der Waals surface area contributed by atoms with Crippen molar-refractivity contribution < 1.29 is 0 Å². The van der Waals surface area contributed by atoms with Crippen LogP contribution >= 0.6 is 11.6 Å². The number of rotatable bonds is 3. The van der Waals surface area contributed by atoms with Gasteiger partial charge >= 0.3 is 0 Å². The minimum atomic E-state index is -0.0445. The van der Waals surface area contributed by atoms with E-state index in [1.54, 1.807) is 4.52 Å². The van der Waals surface area contributed by atoms with Crippen molar-refractivity contribution in [2.24, 2.45) is 11.7 Å². The number of pyridine rings is 1. The number of nitrogens with zero attached hydrogens (tertiary/aromatic N) is 4. The predicted molar refractivity (Wildman–Crippen MR) is 130 cm³/mol. The highest BCUT2D eigenvalue weighted by Gasteiger charge is 2.39. The first-order valence-electron chi connectivity index (χ1n) is 11.4. The van der Waals surface area contributed by atoms with Crippen LogP contribution in [0.5, 0.6) is 0 Å². The summed E-state index contributed by atoms with van der Waals surface area (Å²) in [5.74, 6) is 0.565. The van der Waals surface area contributed by atoms with E-state index < -0.39 is 0 Å². The Balaban J connectivity index is 1.53. The van der Waals surface area contributed by atoms with Crippen LogP contribution in [0, 0.1) is 12.8 Å². The van der Waals surface area contributed by atoms with Gasteiger partial charge in [-0.05, 0) is 50.5 Å². The summed E-state index contributed by atoms with van der Waals surface area (Å²) in [6, 6.07) is 1.96. The van der Waals surface area contributed by atoms with E-state index in [4.69, 9.17) is 22.3 Å². The average Bonchev–Trinajstić information content (AvgIpc) is 3.19. The summed E-state index contributed by atoms with van der Waals surface area (Å²) in [6.45, 7) is 1.96. The van der Waals surface area contributed by atoms with Crippen molar-refractivity contribution in [1.29, 1.82) is 0 Å². The molecule has 3 aliphatic rings. The molecule has 1 saturated carbocycles. The van der Waals surface area contributed by atoms with Crippen molar-refractivity contribution in [1.82, 2.24) is 19.6 Å². The number of hydrogen-bond donors (Lipinski definition) is 1. The van der Waals surface area contributed by atoms with Crippen LogP contribution < -0.4 is 5.73 Å². The Hall–Kier alpha value is -2.76. The van der Waals surface area contributed by atoms with Gasteiger partial charge in [0.25, 0.3) is 0 Å². The van der Waals surface area contributed by atoms with Crippen molar-refractivity contribution in [3.8, 4) is 0 Å². The van der Waals surface area contributed by atoms with Gasteiger partial charge in [0.1, 0.15) is 0 Å². The van der Waals surface area contributed by atoms with Crippen LogP contribution in [0.4, 0.5) is 0 Å². The molecule has 6 rings (SSSR count). The summed E-state index contributed by atoms with van der Waals surface area (Å²) in [5.41, 5.74) is 12.1. The van der Waals surface area contributed by atoms with E-state index in [1.807, 2.05) is 19.2 Å². The lowest BCUT2D eigenvalue weighted by Crippen LogP contribution is -2.52. The fraction of sp³-hybridized carbons (Fsp3) is 0.346. The molecule has 0 spiro atoms. The Morgan fingerprint density at radius 2 is 2.06 bits per heavy atom. The zero-order valence-corrected chi connectivity index (χ0v) is 18.9. The lowest BCUT2D eigenvalue weighted by molar-refractivity contribution is 0.183. The molecule has 3 heterocycles. The molecular formula is C26H26ClN5. The Morgan fingerprint density at radius 1 is 1.19 bits per heavy atom. The summed E-state index contributed by atoms with van der Waals surface area (Å²) in [7, 11) is 0. The van der Waals surface area contributed by atoms with E-state index in [2.05, 4.69) is 52.6 Å². The van der Waals surface area contributed by atoms with Crippen LogP contribution in [0.2, 0.25) is 5.02 Å². The molecule has 0 radical (unpaired) electrons. The zero-order valence-electron chi connectivity index (χ0n) is 18.1. The fourth-order valence-corrected chi connectivity index (χ4v) is 5.61. The van der Waals surface area contributed by atoms with Crippen LogP contribution in [0.1, 0.15) is 55.0 Å². The number of aromatic nitrogens is 4. The topological polar surface area (TPSA) is 69.1 Å². The van der Waals surface area contributed by atoms with E-state index in [1.165, 1.54) is 6.42 Å². The molecule has 0 amide bonds. The molecule has 0 saturated heterocycles. The van der Waals surface area contributed by atoms with Crippen molar-refractivity contribution >= 4 is 33.9 Å². The number of allylic oxidation sites excluding steroid dienone is 7. The first kappa shape index (κ1) is 19.9. The SMILES string of the molecule is Cc1cc2ncc3c(Cl)c(C4C=CC=CC4)c(C4=CCC(C5(N)CCC5)C=C4)nc3n2n1. The molecule has 3 aromatic heterocycles. The van der Waals surface area contributed by atoms with Crippen LogP contribution in [0.3, 0.4) is 0 Å². The third kappa shape index (κ3) is 3.06. The second kappa shape index (κ2) is 7.39. The van der Waals surface area contributed by atoms with Gasteiger partial charge in [0.2, 0.25) is 0 Å². The van der Waals surface area contributed by atoms with E-state index >= 15 is 0 Å². The van der Waals surface area contributed by atoms with Crippen LogP contribution in [0.15, 0.2) is 54.8 Å². The number of aryl methyl sites for hydroxylation is 1. The Kier molecular flexibility index (Phi) is 4.60. The molecule has 3 aliphatic carbocycles. The highest BCUT2D eigenvalue weighted by atomic mass is 35.5. The molecule has 3 aromatic rings. The van der Waals surface area contributed by atoms with Gasteiger partial charge in [-0.3, -0.25) is 0 Å². The minimum Gasteiger partial charge on any atom is -0.325 e. The summed E-state index contributed by atoms with van der Waals surface area (Å²) >= 11 is 7.09. The van der Waals surface area contributed by atoms with Gasteiger partial charge in [-0.2, -0.15) is 9.61 Å². The largest absolute Gasteiger partial charge is 0.325 e. The third-order valence-corrected chi connectivity index (χ3v) is 7.68. The number of halogens is 1. The maximum Gasteiger partial charge on any atom is 0.166 e. The molecule has 0 aromatic carbocycles. The first-order chi connectivity index (χ1) is 15.5. The Labute approximate surface area is 192 Å². The lowest BCUT2D eigenvalue weighted by atomic mass is 9.66. The number of hydrogen-bond acceptors (Lipinski definition) is 4.